The molecule has 0 radical (unpaired) electrons. The van der Waals surface area contributed by atoms with Gasteiger partial charge in [-0.2, -0.15) is 11.8 Å². The van der Waals surface area contributed by atoms with E-state index in [4.69, 9.17) is 5.73 Å². The van der Waals surface area contributed by atoms with E-state index in [-0.39, 0.29) is 11.9 Å². The van der Waals surface area contributed by atoms with E-state index in [1.807, 2.05) is 6.26 Å². The van der Waals surface area contributed by atoms with Gasteiger partial charge >= 0.3 is 0 Å². The highest BCUT2D eigenvalue weighted by Gasteiger charge is 2.24. The molecule has 1 fully saturated rings. The van der Waals surface area contributed by atoms with Crippen molar-refractivity contribution in [3.63, 3.8) is 0 Å². The van der Waals surface area contributed by atoms with Crippen molar-refractivity contribution in [1.29, 1.82) is 0 Å². The number of hydrogen-bond donors (Lipinski definition) is 2. The van der Waals surface area contributed by atoms with Gasteiger partial charge in [-0.1, -0.05) is 12.8 Å². The van der Waals surface area contributed by atoms with Crippen molar-refractivity contribution >= 4 is 17.7 Å². The first kappa shape index (κ1) is 11.9. The maximum absolute atomic E-state index is 11.4. The predicted octanol–water partition coefficient (Wildman–Crippen LogP) is 0.983. The molecule has 4 heteroatoms. The Morgan fingerprint density at radius 3 is 2.71 bits per heavy atom. The molecular formula is C10H20N2OS. The molecule has 0 aromatic heterocycles. The van der Waals surface area contributed by atoms with Crippen LogP contribution in [0.15, 0.2) is 0 Å². The molecule has 0 aromatic rings. The minimum absolute atomic E-state index is 0.125. The van der Waals surface area contributed by atoms with Crippen molar-refractivity contribution in [1.82, 2.24) is 5.32 Å². The summed E-state index contributed by atoms with van der Waals surface area (Å²) >= 11 is 1.55. The summed E-state index contributed by atoms with van der Waals surface area (Å²) < 4.78 is 0. The molecular weight excluding hydrogens is 196 g/mol. The number of nitrogens with two attached hydrogens (primary N) is 1. The number of carbonyl (C=O) groups is 1. The van der Waals surface area contributed by atoms with Crippen molar-refractivity contribution in [2.24, 2.45) is 11.7 Å². The average molecular weight is 216 g/mol. The quantitative estimate of drug-likeness (QED) is 0.720. The van der Waals surface area contributed by atoms with Gasteiger partial charge in [0.15, 0.2) is 0 Å². The van der Waals surface area contributed by atoms with Crippen molar-refractivity contribution in [3.05, 3.63) is 0 Å². The first-order valence-corrected chi connectivity index (χ1v) is 6.65. The van der Waals surface area contributed by atoms with Crippen LogP contribution in [0, 0.1) is 5.92 Å². The second-order valence-electron chi connectivity index (χ2n) is 3.89. The third kappa shape index (κ3) is 3.50. The number of carbonyl (C=O) groups excluding carboxylic acids is 1. The van der Waals surface area contributed by atoms with E-state index >= 15 is 0 Å². The molecule has 1 atom stereocenters. The summed E-state index contributed by atoms with van der Waals surface area (Å²) in [5, 5.41) is 3.02. The molecule has 0 spiro atoms. The van der Waals surface area contributed by atoms with Crippen LogP contribution in [-0.4, -0.2) is 30.5 Å². The van der Waals surface area contributed by atoms with Crippen LogP contribution in [0.25, 0.3) is 0 Å². The van der Waals surface area contributed by atoms with Gasteiger partial charge in [-0.3, -0.25) is 4.79 Å². The van der Waals surface area contributed by atoms with Crippen molar-refractivity contribution < 1.29 is 4.79 Å². The zero-order chi connectivity index (χ0) is 10.4. The molecule has 3 nitrogen and oxygen atoms in total. The molecule has 14 heavy (non-hydrogen) atoms. The zero-order valence-corrected chi connectivity index (χ0v) is 9.61. The van der Waals surface area contributed by atoms with Gasteiger partial charge in [-0.25, -0.2) is 0 Å². The summed E-state index contributed by atoms with van der Waals surface area (Å²) in [6, 6.07) is 0.206. The predicted molar refractivity (Wildman–Crippen MR) is 61.3 cm³/mol. The molecule has 0 heterocycles. The minimum Gasteiger partial charge on any atom is -0.351 e. The van der Waals surface area contributed by atoms with Gasteiger partial charge in [0.2, 0.25) is 5.91 Å². The number of hydrogen-bond acceptors (Lipinski definition) is 3. The van der Waals surface area contributed by atoms with Crippen LogP contribution in [0.5, 0.6) is 0 Å². The van der Waals surface area contributed by atoms with Crippen molar-refractivity contribution in [3.8, 4) is 0 Å². The Morgan fingerprint density at radius 2 is 2.21 bits per heavy atom. The summed E-state index contributed by atoms with van der Waals surface area (Å²) in [5.41, 5.74) is 5.68. The maximum atomic E-state index is 11.4. The molecule has 0 aromatic carbocycles. The smallest absolute Gasteiger partial charge is 0.230 e. The van der Waals surface area contributed by atoms with Gasteiger partial charge in [0.25, 0.3) is 0 Å². The number of amides is 1. The van der Waals surface area contributed by atoms with Crippen LogP contribution in [0.1, 0.15) is 25.7 Å². The van der Waals surface area contributed by atoms with Crippen molar-refractivity contribution in [2.75, 3.05) is 18.6 Å². The molecule has 3 N–H and O–H groups in total. The Labute approximate surface area is 90.2 Å². The van der Waals surface area contributed by atoms with E-state index in [0.29, 0.717) is 18.2 Å². The van der Waals surface area contributed by atoms with Crippen LogP contribution in [0.2, 0.25) is 0 Å². The first-order valence-electron chi connectivity index (χ1n) is 5.26. The second-order valence-corrected chi connectivity index (χ2v) is 4.75. The van der Waals surface area contributed by atoms with Gasteiger partial charge < -0.3 is 11.1 Å². The van der Waals surface area contributed by atoms with E-state index in [1.165, 1.54) is 25.7 Å². The van der Waals surface area contributed by atoms with E-state index in [1.54, 1.807) is 11.8 Å². The second kappa shape index (κ2) is 6.30. The minimum atomic E-state index is 0.125. The van der Waals surface area contributed by atoms with Crippen LogP contribution in [0.4, 0.5) is 0 Å². The van der Waals surface area contributed by atoms with Gasteiger partial charge in [-0.15, -0.1) is 0 Å². The van der Waals surface area contributed by atoms with Crippen LogP contribution >= 0.6 is 11.8 Å². The van der Waals surface area contributed by atoms with E-state index in [9.17, 15) is 4.79 Å². The molecule has 82 valence electrons. The number of thioether (sulfide) groups is 1. The molecule has 0 bridgehead atoms. The summed E-state index contributed by atoms with van der Waals surface area (Å²) in [7, 11) is 0. The third-order valence-electron chi connectivity index (χ3n) is 2.84. The molecule has 1 aliphatic carbocycles. The van der Waals surface area contributed by atoms with E-state index < -0.39 is 0 Å². The molecule has 1 aliphatic rings. The lowest BCUT2D eigenvalue weighted by molar-refractivity contribution is -0.119. The molecule has 1 saturated carbocycles. The SMILES string of the molecule is CSCC(=O)NC(CN)C1CCCC1. The van der Waals surface area contributed by atoms with Crippen LogP contribution in [0.3, 0.4) is 0 Å². The topological polar surface area (TPSA) is 55.1 Å². The first-order chi connectivity index (χ1) is 6.77. The Morgan fingerprint density at radius 1 is 1.57 bits per heavy atom. The average Bonchev–Trinajstić information content (AvgIpc) is 2.67. The van der Waals surface area contributed by atoms with Crippen molar-refractivity contribution in [2.45, 2.75) is 31.7 Å². The molecule has 1 rings (SSSR count). The van der Waals surface area contributed by atoms with E-state index in [0.717, 1.165) is 0 Å². The molecule has 1 unspecified atom stereocenters. The number of rotatable bonds is 5. The summed E-state index contributed by atoms with van der Waals surface area (Å²) in [6.45, 7) is 0.574. The summed E-state index contributed by atoms with van der Waals surface area (Å²) in [4.78, 5) is 11.4. The number of nitrogens with one attached hydrogen (secondary N) is 1. The van der Waals surface area contributed by atoms with Gasteiger partial charge in [0.1, 0.15) is 0 Å². The molecule has 0 saturated heterocycles. The fraction of sp³-hybridized carbons (Fsp3) is 0.900. The van der Waals surface area contributed by atoms with Crippen LogP contribution < -0.4 is 11.1 Å². The standard InChI is InChI=1S/C10H20N2OS/c1-14-7-10(13)12-9(6-11)8-4-2-3-5-8/h8-9H,2-7,11H2,1H3,(H,12,13). The highest BCUT2D eigenvalue weighted by atomic mass is 32.2. The third-order valence-corrected chi connectivity index (χ3v) is 3.40. The van der Waals surface area contributed by atoms with E-state index in [2.05, 4.69) is 5.32 Å². The lowest BCUT2D eigenvalue weighted by atomic mass is 9.98. The Kier molecular flexibility index (Phi) is 5.33. The summed E-state index contributed by atoms with van der Waals surface area (Å²) in [6.07, 6.45) is 6.97. The monoisotopic (exact) mass is 216 g/mol. The Bertz CT molecular complexity index is 181. The highest BCUT2D eigenvalue weighted by molar-refractivity contribution is 7.99. The van der Waals surface area contributed by atoms with Crippen LogP contribution in [-0.2, 0) is 4.79 Å². The maximum Gasteiger partial charge on any atom is 0.230 e. The van der Waals surface area contributed by atoms with Gasteiger partial charge in [0, 0.05) is 12.6 Å². The highest BCUT2D eigenvalue weighted by Crippen LogP contribution is 2.27. The lowest BCUT2D eigenvalue weighted by Crippen LogP contribution is -2.45. The molecule has 0 aliphatic heterocycles. The molecule has 1 amide bonds. The largest absolute Gasteiger partial charge is 0.351 e. The Hall–Kier alpha value is -0.220. The fourth-order valence-corrected chi connectivity index (χ4v) is 2.45. The van der Waals surface area contributed by atoms with Gasteiger partial charge in [-0.05, 0) is 25.0 Å². The van der Waals surface area contributed by atoms with Gasteiger partial charge in [0.05, 0.1) is 5.75 Å². The fourth-order valence-electron chi connectivity index (χ4n) is 2.11. The summed E-state index contributed by atoms with van der Waals surface area (Å²) in [5.74, 6) is 1.29. The Balaban J connectivity index is 2.33. The lowest BCUT2D eigenvalue weighted by Gasteiger charge is -2.22. The zero-order valence-electron chi connectivity index (χ0n) is 8.79. The normalized spacial score (nSPS) is 19.6.